The van der Waals surface area contributed by atoms with E-state index in [0.717, 1.165) is 36.8 Å². The van der Waals surface area contributed by atoms with Gasteiger partial charge in [-0.2, -0.15) is 11.8 Å². The fraction of sp³-hybridized carbons (Fsp3) is 0.714. The van der Waals surface area contributed by atoms with Gasteiger partial charge in [-0.25, -0.2) is 9.97 Å². The first-order chi connectivity index (χ1) is 9.16. The van der Waals surface area contributed by atoms with E-state index in [2.05, 4.69) is 41.1 Å². The summed E-state index contributed by atoms with van der Waals surface area (Å²) in [6.07, 6.45) is 3.92. The molecule has 4 nitrogen and oxygen atoms in total. The first kappa shape index (κ1) is 14.8. The number of rotatable bonds is 5. The average molecular weight is 280 g/mol. The fourth-order valence-electron chi connectivity index (χ4n) is 2.09. The third-order valence-corrected chi connectivity index (χ3v) is 4.32. The molecule has 2 rings (SSSR count). The van der Waals surface area contributed by atoms with Crippen LogP contribution in [0.25, 0.3) is 0 Å². The molecule has 1 N–H and O–H groups in total. The summed E-state index contributed by atoms with van der Waals surface area (Å²) in [6, 6.07) is 0.372. The van der Waals surface area contributed by atoms with Gasteiger partial charge in [0.15, 0.2) is 0 Å². The molecule has 1 fully saturated rings. The second kappa shape index (κ2) is 7.22. The van der Waals surface area contributed by atoms with Crippen LogP contribution in [-0.4, -0.2) is 46.5 Å². The average Bonchev–Trinajstić information content (AvgIpc) is 2.40. The maximum Gasteiger partial charge on any atom is 0.146 e. The molecule has 0 saturated carbocycles. The predicted molar refractivity (Wildman–Crippen MR) is 81.3 cm³/mol. The largest absolute Gasteiger partial charge is 0.312 e. The molecule has 0 spiro atoms. The van der Waals surface area contributed by atoms with Gasteiger partial charge in [0.25, 0.3) is 0 Å². The lowest BCUT2D eigenvalue weighted by Crippen LogP contribution is -2.33. The van der Waals surface area contributed by atoms with Crippen molar-refractivity contribution < 1.29 is 0 Å². The lowest BCUT2D eigenvalue weighted by molar-refractivity contribution is 0.264. The van der Waals surface area contributed by atoms with Crippen LogP contribution in [0.15, 0.2) is 12.4 Å². The molecule has 0 bridgehead atoms. The standard InChI is InChI=1S/C14H24N4S/c1-11(2)6-15-7-12-8-16-14(17-9-12)13-10-19-5-4-18(13)3/h8-9,11,13,15H,4-7,10H2,1-3H3. The summed E-state index contributed by atoms with van der Waals surface area (Å²) in [5.74, 6) is 3.95. The van der Waals surface area contributed by atoms with Crippen LogP contribution in [-0.2, 0) is 6.54 Å². The summed E-state index contributed by atoms with van der Waals surface area (Å²) >= 11 is 1.99. The zero-order valence-corrected chi connectivity index (χ0v) is 12.9. The Balaban J connectivity index is 1.90. The van der Waals surface area contributed by atoms with E-state index in [1.807, 2.05) is 24.2 Å². The van der Waals surface area contributed by atoms with Crippen molar-refractivity contribution >= 4 is 11.8 Å². The van der Waals surface area contributed by atoms with E-state index in [1.165, 1.54) is 5.75 Å². The van der Waals surface area contributed by atoms with Crippen LogP contribution in [0.4, 0.5) is 0 Å². The van der Waals surface area contributed by atoms with Gasteiger partial charge < -0.3 is 5.32 Å². The smallest absolute Gasteiger partial charge is 0.146 e. The Morgan fingerprint density at radius 2 is 2.16 bits per heavy atom. The minimum atomic E-state index is 0.372. The van der Waals surface area contributed by atoms with Crippen molar-refractivity contribution in [3.05, 3.63) is 23.8 Å². The van der Waals surface area contributed by atoms with E-state index in [-0.39, 0.29) is 0 Å². The van der Waals surface area contributed by atoms with E-state index >= 15 is 0 Å². The molecule has 0 aromatic carbocycles. The van der Waals surface area contributed by atoms with E-state index in [9.17, 15) is 0 Å². The fourth-order valence-corrected chi connectivity index (χ4v) is 3.30. The lowest BCUT2D eigenvalue weighted by atomic mass is 10.2. The molecule has 19 heavy (non-hydrogen) atoms. The van der Waals surface area contributed by atoms with Crippen molar-refractivity contribution in [1.82, 2.24) is 20.2 Å². The van der Waals surface area contributed by atoms with Crippen molar-refractivity contribution in [2.24, 2.45) is 5.92 Å². The van der Waals surface area contributed by atoms with Crippen molar-refractivity contribution in [2.75, 3.05) is 31.6 Å². The van der Waals surface area contributed by atoms with Crippen LogP contribution in [0, 0.1) is 5.92 Å². The molecule has 1 aliphatic rings. The molecular weight excluding hydrogens is 256 g/mol. The quantitative estimate of drug-likeness (QED) is 0.893. The third kappa shape index (κ3) is 4.44. The second-order valence-corrected chi connectivity index (χ2v) is 6.70. The minimum Gasteiger partial charge on any atom is -0.312 e. The molecular formula is C14H24N4S. The maximum atomic E-state index is 4.54. The Morgan fingerprint density at radius 1 is 1.42 bits per heavy atom. The van der Waals surface area contributed by atoms with Gasteiger partial charge >= 0.3 is 0 Å². The van der Waals surface area contributed by atoms with Crippen LogP contribution in [0.3, 0.4) is 0 Å². The Labute approximate surface area is 120 Å². The molecule has 1 unspecified atom stereocenters. The topological polar surface area (TPSA) is 41.1 Å². The van der Waals surface area contributed by atoms with Gasteiger partial charge in [-0.1, -0.05) is 13.8 Å². The number of nitrogens with zero attached hydrogens (tertiary/aromatic N) is 3. The minimum absolute atomic E-state index is 0.372. The highest BCUT2D eigenvalue weighted by Gasteiger charge is 2.23. The van der Waals surface area contributed by atoms with E-state index in [4.69, 9.17) is 0 Å². The molecule has 2 heterocycles. The Kier molecular flexibility index (Phi) is 5.60. The molecule has 5 heteroatoms. The summed E-state index contributed by atoms with van der Waals surface area (Å²) in [5.41, 5.74) is 1.16. The number of aromatic nitrogens is 2. The van der Waals surface area contributed by atoms with Gasteiger partial charge in [-0.05, 0) is 19.5 Å². The number of hydrogen-bond acceptors (Lipinski definition) is 5. The number of hydrogen-bond donors (Lipinski definition) is 1. The van der Waals surface area contributed by atoms with Crippen LogP contribution in [0.1, 0.15) is 31.3 Å². The van der Waals surface area contributed by atoms with Crippen LogP contribution in [0.5, 0.6) is 0 Å². The zero-order chi connectivity index (χ0) is 13.7. The monoisotopic (exact) mass is 280 g/mol. The van der Waals surface area contributed by atoms with E-state index in [0.29, 0.717) is 12.0 Å². The molecule has 1 atom stereocenters. The SMILES string of the molecule is CC(C)CNCc1cnc(C2CSCCN2C)nc1. The summed E-state index contributed by atoms with van der Waals surface area (Å²) < 4.78 is 0. The Hall–Kier alpha value is -0.650. The van der Waals surface area contributed by atoms with Crippen LogP contribution < -0.4 is 5.32 Å². The van der Waals surface area contributed by atoms with Gasteiger partial charge in [0, 0.05) is 42.6 Å². The molecule has 1 aromatic heterocycles. The second-order valence-electron chi connectivity index (χ2n) is 5.55. The lowest BCUT2D eigenvalue weighted by Gasteiger charge is -2.30. The molecule has 0 amide bonds. The van der Waals surface area contributed by atoms with Gasteiger partial charge in [0.2, 0.25) is 0 Å². The number of nitrogens with one attached hydrogen (secondary N) is 1. The predicted octanol–water partition coefficient (Wildman–Crippen LogP) is 1.94. The maximum absolute atomic E-state index is 4.54. The van der Waals surface area contributed by atoms with Gasteiger partial charge in [0.05, 0.1) is 6.04 Å². The summed E-state index contributed by atoms with van der Waals surface area (Å²) in [4.78, 5) is 11.4. The molecule has 106 valence electrons. The summed E-state index contributed by atoms with van der Waals surface area (Å²) in [5, 5.41) is 3.41. The zero-order valence-electron chi connectivity index (χ0n) is 12.1. The highest BCUT2D eigenvalue weighted by Crippen LogP contribution is 2.25. The van der Waals surface area contributed by atoms with Gasteiger partial charge in [0.1, 0.15) is 5.82 Å². The van der Waals surface area contributed by atoms with Gasteiger partial charge in [-0.3, -0.25) is 4.90 Å². The summed E-state index contributed by atoms with van der Waals surface area (Å²) in [7, 11) is 2.16. The highest BCUT2D eigenvalue weighted by molar-refractivity contribution is 7.99. The molecule has 1 aliphatic heterocycles. The van der Waals surface area contributed by atoms with Crippen LogP contribution in [0.2, 0.25) is 0 Å². The Morgan fingerprint density at radius 3 is 2.79 bits per heavy atom. The van der Waals surface area contributed by atoms with E-state index < -0.39 is 0 Å². The Bertz CT molecular complexity index is 380. The molecule has 0 aliphatic carbocycles. The molecule has 0 radical (unpaired) electrons. The van der Waals surface area contributed by atoms with Crippen molar-refractivity contribution in [2.45, 2.75) is 26.4 Å². The van der Waals surface area contributed by atoms with Gasteiger partial charge in [-0.15, -0.1) is 0 Å². The third-order valence-electron chi connectivity index (χ3n) is 3.30. The first-order valence-corrected chi connectivity index (χ1v) is 8.12. The molecule has 1 aromatic rings. The van der Waals surface area contributed by atoms with Crippen molar-refractivity contribution in [3.63, 3.8) is 0 Å². The molecule has 1 saturated heterocycles. The van der Waals surface area contributed by atoms with Crippen molar-refractivity contribution in [1.29, 1.82) is 0 Å². The first-order valence-electron chi connectivity index (χ1n) is 6.96. The summed E-state index contributed by atoms with van der Waals surface area (Å²) in [6.45, 7) is 7.43. The highest BCUT2D eigenvalue weighted by atomic mass is 32.2. The normalized spacial score (nSPS) is 20.9. The van der Waals surface area contributed by atoms with E-state index in [1.54, 1.807) is 0 Å². The van der Waals surface area contributed by atoms with Crippen molar-refractivity contribution in [3.8, 4) is 0 Å². The number of thioether (sulfide) groups is 1. The van der Waals surface area contributed by atoms with Crippen LogP contribution >= 0.6 is 11.8 Å².